The zero-order valence-electron chi connectivity index (χ0n) is 12.1. The van der Waals surface area contributed by atoms with Crippen molar-refractivity contribution in [1.29, 1.82) is 0 Å². The monoisotopic (exact) mass is 263 g/mol. The summed E-state index contributed by atoms with van der Waals surface area (Å²) in [5, 5.41) is 3.19. The van der Waals surface area contributed by atoms with E-state index in [2.05, 4.69) is 25.4 Å². The molecule has 0 unspecified atom stereocenters. The molecule has 0 spiro atoms. The average molecular weight is 264 g/mol. The number of rotatable bonds is 11. The van der Waals surface area contributed by atoms with Crippen molar-refractivity contribution < 1.29 is 0 Å². The normalized spacial score (nSPS) is 9.06. The molecule has 2 heteroatoms. The molecule has 1 N–H and O–H groups in total. The van der Waals surface area contributed by atoms with Gasteiger partial charge in [0.2, 0.25) is 0 Å². The zero-order valence-corrected chi connectivity index (χ0v) is 12.9. The first-order valence-corrected chi connectivity index (χ1v) is 7.06. The Morgan fingerprint density at radius 2 is 1.06 bits per heavy atom. The maximum atomic E-state index is 3.19. The molecule has 0 heterocycles. The summed E-state index contributed by atoms with van der Waals surface area (Å²) in [5.74, 6) is 0. The van der Waals surface area contributed by atoms with Crippen molar-refractivity contribution in [1.82, 2.24) is 5.32 Å². The quantitative estimate of drug-likeness (QED) is 0.391. The Kier molecular flexibility index (Phi) is 32.6. The van der Waals surface area contributed by atoms with Crippen molar-refractivity contribution in [3.05, 3.63) is 13.2 Å². The van der Waals surface area contributed by atoms with Crippen molar-refractivity contribution >= 4 is 12.4 Å². The molecule has 0 aromatic heterocycles. The van der Waals surface area contributed by atoms with Crippen LogP contribution in [0.2, 0.25) is 0 Å². The lowest BCUT2D eigenvalue weighted by atomic mass is 10.1. The Morgan fingerprint density at radius 3 is 1.41 bits per heavy atom. The van der Waals surface area contributed by atoms with E-state index in [1.807, 2.05) is 7.05 Å². The van der Waals surface area contributed by atoms with Gasteiger partial charge in [-0.1, -0.05) is 64.7 Å². The molecular formula is C15H34ClN. The van der Waals surface area contributed by atoms with Gasteiger partial charge in [0.15, 0.2) is 0 Å². The van der Waals surface area contributed by atoms with E-state index in [-0.39, 0.29) is 12.4 Å². The minimum atomic E-state index is 0. The fourth-order valence-corrected chi connectivity index (χ4v) is 1.79. The molecule has 0 aliphatic rings. The van der Waals surface area contributed by atoms with E-state index in [4.69, 9.17) is 0 Å². The molecule has 1 nitrogen and oxygen atoms in total. The van der Waals surface area contributed by atoms with Crippen LogP contribution in [0.1, 0.15) is 71.1 Å². The van der Waals surface area contributed by atoms with Crippen molar-refractivity contribution in [2.24, 2.45) is 0 Å². The Labute approximate surface area is 116 Å². The molecule has 0 amide bonds. The van der Waals surface area contributed by atoms with Gasteiger partial charge in [-0.05, 0) is 20.0 Å². The first kappa shape index (κ1) is 22.2. The summed E-state index contributed by atoms with van der Waals surface area (Å²) in [6.07, 6.45) is 14.3. The summed E-state index contributed by atoms with van der Waals surface area (Å²) < 4.78 is 0. The molecule has 0 aromatic rings. The molecule has 17 heavy (non-hydrogen) atoms. The Balaban J connectivity index is -0.000000616. The van der Waals surface area contributed by atoms with Crippen molar-refractivity contribution in [2.45, 2.75) is 71.1 Å². The van der Waals surface area contributed by atoms with E-state index in [9.17, 15) is 0 Å². The van der Waals surface area contributed by atoms with Gasteiger partial charge in [0, 0.05) is 0 Å². The number of halogens is 1. The van der Waals surface area contributed by atoms with E-state index in [1.165, 1.54) is 70.8 Å². The van der Waals surface area contributed by atoms with Crippen LogP contribution in [-0.4, -0.2) is 13.6 Å². The third-order valence-corrected chi connectivity index (χ3v) is 2.78. The predicted molar refractivity (Wildman–Crippen MR) is 84.3 cm³/mol. The fraction of sp³-hybridized carbons (Fsp3) is 0.867. The number of hydrogen-bond donors (Lipinski definition) is 1. The zero-order chi connectivity index (χ0) is 12.5. The van der Waals surface area contributed by atoms with Crippen LogP contribution in [0.3, 0.4) is 0 Å². The first-order chi connectivity index (χ1) is 7.91. The topological polar surface area (TPSA) is 12.0 Å². The first-order valence-electron chi connectivity index (χ1n) is 7.06. The van der Waals surface area contributed by atoms with Crippen LogP contribution in [0.25, 0.3) is 0 Å². The summed E-state index contributed by atoms with van der Waals surface area (Å²) in [6, 6.07) is 0. The van der Waals surface area contributed by atoms with E-state index in [1.54, 1.807) is 0 Å². The van der Waals surface area contributed by atoms with E-state index >= 15 is 0 Å². The van der Waals surface area contributed by atoms with Gasteiger partial charge >= 0.3 is 0 Å². The molecule has 0 aromatic carbocycles. The molecule has 0 rings (SSSR count). The highest BCUT2D eigenvalue weighted by Crippen LogP contribution is 2.09. The van der Waals surface area contributed by atoms with Gasteiger partial charge in [-0.15, -0.1) is 25.6 Å². The lowest BCUT2D eigenvalue weighted by Crippen LogP contribution is -2.06. The third-order valence-electron chi connectivity index (χ3n) is 2.78. The standard InChI is InChI=1S/C13H29N.C2H4.ClH/c1-3-4-5-6-7-8-9-10-11-12-13-14-2;1-2;/h14H,3-13H2,1-2H3;1-2H2;1H. The van der Waals surface area contributed by atoms with Crippen molar-refractivity contribution in [3.8, 4) is 0 Å². The second-order valence-corrected chi connectivity index (χ2v) is 4.29. The molecule has 0 radical (unpaired) electrons. The van der Waals surface area contributed by atoms with Gasteiger partial charge in [-0.2, -0.15) is 0 Å². The molecule has 0 fully saturated rings. The fourth-order valence-electron chi connectivity index (χ4n) is 1.79. The smallest absolute Gasteiger partial charge is 0.00519 e. The molecule has 0 saturated carbocycles. The molecule has 0 saturated heterocycles. The van der Waals surface area contributed by atoms with Crippen LogP contribution in [0.4, 0.5) is 0 Å². The molecule has 0 aliphatic heterocycles. The molecule has 106 valence electrons. The SMILES string of the molecule is C=C.CCCCCCCCCCCCNC.Cl. The van der Waals surface area contributed by atoms with E-state index < -0.39 is 0 Å². The van der Waals surface area contributed by atoms with Gasteiger partial charge in [-0.3, -0.25) is 0 Å². The maximum Gasteiger partial charge on any atom is -0.00519 e. The highest BCUT2D eigenvalue weighted by molar-refractivity contribution is 5.85. The Hall–Kier alpha value is -0.0100. The van der Waals surface area contributed by atoms with Gasteiger partial charge in [-0.25, -0.2) is 0 Å². The molecular weight excluding hydrogens is 230 g/mol. The Bertz CT molecular complexity index is 95.1. The number of hydrogen-bond acceptors (Lipinski definition) is 1. The summed E-state index contributed by atoms with van der Waals surface area (Å²) in [5.41, 5.74) is 0. The van der Waals surface area contributed by atoms with E-state index in [0.29, 0.717) is 0 Å². The van der Waals surface area contributed by atoms with Gasteiger partial charge in [0.25, 0.3) is 0 Å². The summed E-state index contributed by atoms with van der Waals surface area (Å²) >= 11 is 0. The van der Waals surface area contributed by atoms with Gasteiger partial charge in [0.1, 0.15) is 0 Å². The third kappa shape index (κ3) is 25.9. The summed E-state index contributed by atoms with van der Waals surface area (Å²) in [4.78, 5) is 0. The van der Waals surface area contributed by atoms with Crippen LogP contribution in [0.5, 0.6) is 0 Å². The van der Waals surface area contributed by atoms with Crippen LogP contribution >= 0.6 is 12.4 Å². The van der Waals surface area contributed by atoms with Crippen LogP contribution in [0.15, 0.2) is 13.2 Å². The molecule has 0 bridgehead atoms. The second kappa shape index (κ2) is 25.0. The van der Waals surface area contributed by atoms with Crippen LogP contribution in [0, 0.1) is 0 Å². The summed E-state index contributed by atoms with van der Waals surface area (Å²) in [7, 11) is 2.04. The second-order valence-electron chi connectivity index (χ2n) is 4.29. The van der Waals surface area contributed by atoms with Crippen LogP contribution < -0.4 is 5.32 Å². The van der Waals surface area contributed by atoms with Crippen molar-refractivity contribution in [3.63, 3.8) is 0 Å². The Morgan fingerprint density at radius 1 is 0.706 bits per heavy atom. The molecule has 0 atom stereocenters. The maximum absolute atomic E-state index is 3.19. The van der Waals surface area contributed by atoms with E-state index in [0.717, 1.165) is 0 Å². The van der Waals surface area contributed by atoms with Gasteiger partial charge in [0.05, 0.1) is 0 Å². The number of nitrogens with one attached hydrogen (secondary N) is 1. The lowest BCUT2D eigenvalue weighted by molar-refractivity contribution is 0.551. The number of unbranched alkanes of at least 4 members (excludes halogenated alkanes) is 9. The largest absolute Gasteiger partial charge is 0.320 e. The minimum absolute atomic E-state index is 0. The summed E-state index contributed by atoms with van der Waals surface area (Å²) in [6.45, 7) is 9.47. The van der Waals surface area contributed by atoms with Crippen molar-refractivity contribution in [2.75, 3.05) is 13.6 Å². The van der Waals surface area contributed by atoms with Crippen LogP contribution in [-0.2, 0) is 0 Å². The lowest BCUT2D eigenvalue weighted by Gasteiger charge is -2.01. The highest BCUT2D eigenvalue weighted by atomic mass is 35.5. The van der Waals surface area contributed by atoms with Gasteiger partial charge < -0.3 is 5.32 Å². The molecule has 0 aliphatic carbocycles. The average Bonchev–Trinajstić information content (AvgIpc) is 2.34. The predicted octanol–water partition coefficient (Wildman–Crippen LogP) is 5.35. The minimum Gasteiger partial charge on any atom is -0.320 e. The highest BCUT2D eigenvalue weighted by Gasteiger charge is 1.91.